The molecule has 1 aromatic carbocycles. The lowest BCUT2D eigenvalue weighted by atomic mass is 10.2. The van der Waals surface area contributed by atoms with Gasteiger partial charge in [0.1, 0.15) is 18.4 Å². The second-order valence-electron chi connectivity index (χ2n) is 6.05. The Morgan fingerprint density at radius 1 is 1.19 bits per heavy atom. The van der Waals surface area contributed by atoms with Gasteiger partial charge < -0.3 is 19.7 Å². The van der Waals surface area contributed by atoms with Crippen LogP contribution in [-0.2, 0) is 9.53 Å². The molecule has 6 nitrogen and oxygen atoms in total. The SMILES string of the molecule is Cl.Cl.O=C(C1COCCN1)N1CCN(CCOc2ccc(Cl)cc2)CC1. The summed E-state index contributed by atoms with van der Waals surface area (Å²) in [5, 5.41) is 3.93. The predicted molar refractivity (Wildman–Crippen MR) is 107 cm³/mol. The first-order valence-electron chi connectivity index (χ1n) is 8.43. The number of hydrogen-bond acceptors (Lipinski definition) is 5. The molecule has 0 aromatic heterocycles. The molecule has 0 aliphatic carbocycles. The summed E-state index contributed by atoms with van der Waals surface area (Å²) < 4.78 is 11.1. The minimum Gasteiger partial charge on any atom is -0.492 e. The van der Waals surface area contributed by atoms with E-state index in [1.54, 1.807) is 0 Å². The standard InChI is InChI=1S/C17H24ClN3O3.2ClH/c18-14-1-3-15(4-2-14)24-12-10-20-6-8-21(9-7-20)17(22)16-13-23-11-5-19-16;;/h1-4,16,19H,5-13H2;2*1H. The summed E-state index contributed by atoms with van der Waals surface area (Å²) in [4.78, 5) is 16.7. The van der Waals surface area contributed by atoms with E-state index in [2.05, 4.69) is 10.2 Å². The molecule has 148 valence electrons. The molecule has 2 heterocycles. The van der Waals surface area contributed by atoms with Gasteiger partial charge in [-0.25, -0.2) is 0 Å². The Kier molecular flexibility index (Phi) is 10.6. The summed E-state index contributed by atoms with van der Waals surface area (Å²) in [5.41, 5.74) is 0. The summed E-state index contributed by atoms with van der Waals surface area (Å²) in [5.74, 6) is 0.989. The number of piperazine rings is 1. The van der Waals surface area contributed by atoms with E-state index in [9.17, 15) is 4.79 Å². The predicted octanol–water partition coefficient (Wildman–Crippen LogP) is 1.69. The van der Waals surface area contributed by atoms with Gasteiger partial charge in [0.2, 0.25) is 5.91 Å². The molecule has 1 aromatic rings. The third-order valence-corrected chi connectivity index (χ3v) is 4.65. The second-order valence-corrected chi connectivity index (χ2v) is 6.49. The van der Waals surface area contributed by atoms with Crippen LogP contribution in [0.3, 0.4) is 0 Å². The first kappa shape index (κ1) is 23.3. The molecule has 2 saturated heterocycles. The number of nitrogens with one attached hydrogen (secondary N) is 1. The molecular formula is C17H26Cl3N3O3. The number of hydrogen-bond donors (Lipinski definition) is 1. The number of halogens is 3. The van der Waals surface area contributed by atoms with Gasteiger partial charge >= 0.3 is 0 Å². The molecule has 0 spiro atoms. The van der Waals surface area contributed by atoms with Crippen molar-refractivity contribution in [2.45, 2.75) is 6.04 Å². The number of benzene rings is 1. The normalized spacial score (nSPS) is 20.7. The summed E-state index contributed by atoms with van der Waals surface area (Å²) in [6, 6.07) is 7.21. The van der Waals surface area contributed by atoms with Crippen molar-refractivity contribution in [3.05, 3.63) is 29.3 Å². The molecule has 1 amide bonds. The van der Waals surface area contributed by atoms with E-state index >= 15 is 0 Å². The van der Waals surface area contributed by atoms with E-state index in [0.29, 0.717) is 24.8 Å². The van der Waals surface area contributed by atoms with Crippen LogP contribution in [0.25, 0.3) is 0 Å². The fourth-order valence-electron chi connectivity index (χ4n) is 2.96. The van der Waals surface area contributed by atoms with Crippen molar-refractivity contribution in [3.63, 3.8) is 0 Å². The van der Waals surface area contributed by atoms with Crippen LogP contribution in [0, 0.1) is 0 Å². The van der Waals surface area contributed by atoms with Crippen molar-refractivity contribution in [2.24, 2.45) is 0 Å². The number of carbonyl (C=O) groups excluding carboxylic acids is 1. The molecule has 2 aliphatic rings. The smallest absolute Gasteiger partial charge is 0.242 e. The average Bonchev–Trinajstić information content (AvgIpc) is 2.64. The van der Waals surface area contributed by atoms with Crippen LogP contribution in [-0.4, -0.2) is 80.8 Å². The van der Waals surface area contributed by atoms with Crippen LogP contribution >= 0.6 is 36.4 Å². The maximum Gasteiger partial charge on any atom is 0.242 e. The molecule has 2 aliphatic heterocycles. The highest BCUT2D eigenvalue weighted by Gasteiger charge is 2.28. The quantitative estimate of drug-likeness (QED) is 0.776. The third kappa shape index (κ3) is 6.76. The maximum absolute atomic E-state index is 12.4. The van der Waals surface area contributed by atoms with Crippen LogP contribution < -0.4 is 10.1 Å². The van der Waals surface area contributed by atoms with Crippen LogP contribution in [0.1, 0.15) is 0 Å². The van der Waals surface area contributed by atoms with Gasteiger partial charge in [0, 0.05) is 44.3 Å². The van der Waals surface area contributed by atoms with Gasteiger partial charge in [-0.1, -0.05) is 11.6 Å². The van der Waals surface area contributed by atoms with E-state index in [4.69, 9.17) is 21.1 Å². The Hall–Kier alpha value is -0.760. The molecule has 1 unspecified atom stereocenters. The molecule has 0 bridgehead atoms. The molecule has 1 N–H and O–H groups in total. The van der Waals surface area contributed by atoms with Crippen LogP contribution in [0.15, 0.2) is 24.3 Å². The van der Waals surface area contributed by atoms with E-state index in [0.717, 1.165) is 45.0 Å². The summed E-state index contributed by atoms with van der Waals surface area (Å²) in [6.45, 7) is 6.68. The highest BCUT2D eigenvalue weighted by atomic mass is 35.5. The number of rotatable bonds is 5. The molecular weight excluding hydrogens is 401 g/mol. The van der Waals surface area contributed by atoms with Crippen molar-refractivity contribution in [2.75, 3.05) is 59.1 Å². The molecule has 0 saturated carbocycles. The Bertz CT molecular complexity index is 534. The number of amides is 1. The molecule has 1 atom stereocenters. The molecule has 2 fully saturated rings. The number of carbonyl (C=O) groups is 1. The van der Waals surface area contributed by atoms with E-state index < -0.39 is 0 Å². The largest absolute Gasteiger partial charge is 0.492 e. The average molecular weight is 427 g/mol. The monoisotopic (exact) mass is 425 g/mol. The first-order valence-corrected chi connectivity index (χ1v) is 8.81. The van der Waals surface area contributed by atoms with Gasteiger partial charge in [0.15, 0.2) is 0 Å². The van der Waals surface area contributed by atoms with Crippen molar-refractivity contribution in [1.29, 1.82) is 0 Å². The molecule has 3 rings (SSSR count). The summed E-state index contributed by atoms with van der Waals surface area (Å²) in [6.07, 6.45) is 0. The Morgan fingerprint density at radius 2 is 1.88 bits per heavy atom. The highest BCUT2D eigenvalue weighted by Crippen LogP contribution is 2.15. The van der Waals surface area contributed by atoms with E-state index in [-0.39, 0.29) is 36.8 Å². The maximum atomic E-state index is 12.4. The fourth-order valence-corrected chi connectivity index (χ4v) is 3.09. The highest BCUT2D eigenvalue weighted by molar-refractivity contribution is 6.30. The van der Waals surface area contributed by atoms with Crippen LogP contribution in [0.5, 0.6) is 5.75 Å². The van der Waals surface area contributed by atoms with Crippen LogP contribution in [0.4, 0.5) is 0 Å². The third-order valence-electron chi connectivity index (χ3n) is 4.39. The number of ether oxygens (including phenoxy) is 2. The summed E-state index contributed by atoms with van der Waals surface area (Å²) in [7, 11) is 0. The molecule has 0 radical (unpaired) electrons. The minimum atomic E-state index is -0.182. The van der Waals surface area contributed by atoms with Gasteiger partial charge in [-0.05, 0) is 24.3 Å². The van der Waals surface area contributed by atoms with Gasteiger partial charge in [-0.2, -0.15) is 0 Å². The Labute approximate surface area is 172 Å². The number of nitrogens with zero attached hydrogens (tertiary/aromatic N) is 2. The van der Waals surface area contributed by atoms with Crippen molar-refractivity contribution < 1.29 is 14.3 Å². The zero-order valence-electron chi connectivity index (χ0n) is 14.6. The Morgan fingerprint density at radius 3 is 2.50 bits per heavy atom. The second kappa shape index (κ2) is 11.8. The van der Waals surface area contributed by atoms with Gasteiger partial charge in [0.05, 0.1) is 13.2 Å². The lowest BCUT2D eigenvalue weighted by Gasteiger charge is -2.37. The number of morpholine rings is 1. The van der Waals surface area contributed by atoms with E-state index in [1.807, 2.05) is 29.2 Å². The van der Waals surface area contributed by atoms with E-state index in [1.165, 1.54) is 0 Å². The topological polar surface area (TPSA) is 54.0 Å². The summed E-state index contributed by atoms with van der Waals surface area (Å²) >= 11 is 5.85. The lowest BCUT2D eigenvalue weighted by molar-refractivity contribution is -0.138. The zero-order valence-corrected chi connectivity index (χ0v) is 17.0. The van der Waals surface area contributed by atoms with Gasteiger partial charge in [0.25, 0.3) is 0 Å². The van der Waals surface area contributed by atoms with Gasteiger partial charge in [-0.15, -0.1) is 24.8 Å². The van der Waals surface area contributed by atoms with Gasteiger partial charge in [-0.3, -0.25) is 9.69 Å². The molecule has 26 heavy (non-hydrogen) atoms. The van der Waals surface area contributed by atoms with Crippen molar-refractivity contribution in [1.82, 2.24) is 15.1 Å². The lowest BCUT2D eigenvalue weighted by Crippen LogP contribution is -2.57. The molecule has 9 heteroatoms. The van der Waals surface area contributed by atoms with Crippen molar-refractivity contribution in [3.8, 4) is 5.75 Å². The van der Waals surface area contributed by atoms with Crippen LogP contribution in [0.2, 0.25) is 5.02 Å². The van der Waals surface area contributed by atoms with Crippen molar-refractivity contribution >= 4 is 42.3 Å². The minimum absolute atomic E-state index is 0. The Balaban J connectivity index is 0.00000169. The zero-order chi connectivity index (χ0) is 16.8. The fraction of sp³-hybridized carbons (Fsp3) is 0.588. The first-order chi connectivity index (χ1) is 11.7.